The number of likely N-dealkylation sites (N-methyl/N-ethyl adjacent to an activating group) is 1. The quantitative estimate of drug-likeness (QED) is 0.610. The predicted octanol–water partition coefficient (Wildman–Crippen LogP) is 4.14. The minimum Gasteiger partial charge on any atom is -0.497 e. The van der Waals surface area contributed by atoms with E-state index in [1.807, 2.05) is 55.5 Å². The molecule has 5 nitrogen and oxygen atoms in total. The summed E-state index contributed by atoms with van der Waals surface area (Å²) in [5.41, 5.74) is 2.00. The highest BCUT2D eigenvalue weighted by atomic mass is 35.5. The van der Waals surface area contributed by atoms with Gasteiger partial charge in [0.25, 0.3) is 0 Å². The van der Waals surface area contributed by atoms with E-state index >= 15 is 0 Å². The van der Waals surface area contributed by atoms with Gasteiger partial charge in [-0.15, -0.1) is 11.8 Å². The summed E-state index contributed by atoms with van der Waals surface area (Å²) in [5.74, 6) is 1.48. The second kappa shape index (κ2) is 11.7. The van der Waals surface area contributed by atoms with E-state index in [0.717, 1.165) is 16.9 Å². The van der Waals surface area contributed by atoms with E-state index in [1.165, 1.54) is 11.8 Å². The first-order valence-corrected chi connectivity index (χ1v) is 11.0. The van der Waals surface area contributed by atoms with Crippen molar-refractivity contribution in [3.05, 3.63) is 64.7 Å². The van der Waals surface area contributed by atoms with Crippen molar-refractivity contribution in [1.29, 1.82) is 0 Å². The number of carbonyl (C=O) groups excluding carboxylic acids is 2. The topological polar surface area (TPSA) is 58.6 Å². The molecule has 0 radical (unpaired) electrons. The number of thioether (sulfide) groups is 1. The Hall–Kier alpha value is -2.18. The maximum Gasteiger partial charge on any atom is 0.242 e. The first kappa shape index (κ1) is 23.1. The van der Waals surface area contributed by atoms with Crippen LogP contribution < -0.4 is 10.1 Å². The van der Waals surface area contributed by atoms with Crippen LogP contribution in [0.3, 0.4) is 0 Å². The number of hydrogen-bond donors (Lipinski definition) is 1. The molecule has 7 heteroatoms. The Morgan fingerprint density at radius 3 is 2.52 bits per heavy atom. The van der Waals surface area contributed by atoms with Gasteiger partial charge in [0.1, 0.15) is 11.8 Å². The molecule has 0 aliphatic carbocycles. The first-order chi connectivity index (χ1) is 13.9. The van der Waals surface area contributed by atoms with Crippen molar-refractivity contribution >= 4 is 35.2 Å². The SMILES string of the molecule is CCNC(=O)[C@H](C)N(Cc1ccc(OC)cc1)C(=O)CSCc1cccc(Cl)c1. The van der Waals surface area contributed by atoms with E-state index in [2.05, 4.69) is 5.32 Å². The molecule has 0 bridgehead atoms. The number of nitrogens with one attached hydrogen (secondary N) is 1. The van der Waals surface area contributed by atoms with Gasteiger partial charge in [-0.05, 0) is 49.2 Å². The molecular weight excluding hydrogens is 408 g/mol. The molecule has 0 aliphatic rings. The zero-order valence-electron chi connectivity index (χ0n) is 17.0. The van der Waals surface area contributed by atoms with Crippen LogP contribution in [0.15, 0.2) is 48.5 Å². The third-order valence-electron chi connectivity index (χ3n) is 4.41. The zero-order valence-corrected chi connectivity index (χ0v) is 18.6. The molecule has 1 N–H and O–H groups in total. The van der Waals surface area contributed by atoms with Gasteiger partial charge in [-0.3, -0.25) is 9.59 Å². The molecule has 0 saturated carbocycles. The van der Waals surface area contributed by atoms with Crippen molar-refractivity contribution in [3.8, 4) is 5.75 Å². The normalized spacial score (nSPS) is 11.6. The summed E-state index contributed by atoms with van der Waals surface area (Å²) in [6.45, 7) is 4.51. The molecule has 0 heterocycles. The molecule has 0 fully saturated rings. The molecule has 0 spiro atoms. The van der Waals surface area contributed by atoms with Gasteiger partial charge in [-0.2, -0.15) is 0 Å². The lowest BCUT2D eigenvalue weighted by atomic mass is 10.1. The van der Waals surface area contributed by atoms with Crippen molar-refractivity contribution in [2.24, 2.45) is 0 Å². The Morgan fingerprint density at radius 1 is 1.17 bits per heavy atom. The van der Waals surface area contributed by atoms with Gasteiger partial charge >= 0.3 is 0 Å². The second-order valence-corrected chi connectivity index (χ2v) is 7.99. The second-order valence-electron chi connectivity index (χ2n) is 6.56. The van der Waals surface area contributed by atoms with Crippen LogP contribution in [-0.4, -0.2) is 42.2 Å². The minimum absolute atomic E-state index is 0.0772. The fourth-order valence-corrected chi connectivity index (χ4v) is 3.87. The van der Waals surface area contributed by atoms with E-state index in [-0.39, 0.29) is 17.6 Å². The largest absolute Gasteiger partial charge is 0.497 e. The van der Waals surface area contributed by atoms with Crippen molar-refractivity contribution in [1.82, 2.24) is 10.2 Å². The molecule has 0 saturated heterocycles. The predicted molar refractivity (Wildman–Crippen MR) is 119 cm³/mol. The van der Waals surface area contributed by atoms with Crippen LogP contribution in [0.25, 0.3) is 0 Å². The number of benzene rings is 2. The molecule has 2 rings (SSSR count). The Balaban J connectivity index is 2.05. The van der Waals surface area contributed by atoms with Crippen LogP contribution in [0.5, 0.6) is 5.75 Å². The molecule has 156 valence electrons. The van der Waals surface area contributed by atoms with E-state index in [9.17, 15) is 9.59 Å². The van der Waals surface area contributed by atoms with Gasteiger partial charge in [0, 0.05) is 23.9 Å². The number of hydrogen-bond acceptors (Lipinski definition) is 4. The Labute approximate surface area is 181 Å². The monoisotopic (exact) mass is 434 g/mol. The number of nitrogens with zero attached hydrogens (tertiary/aromatic N) is 1. The lowest BCUT2D eigenvalue weighted by molar-refractivity contribution is -0.138. The maximum atomic E-state index is 13.0. The van der Waals surface area contributed by atoms with Crippen molar-refractivity contribution in [2.45, 2.75) is 32.2 Å². The van der Waals surface area contributed by atoms with Crippen LogP contribution in [0, 0.1) is 0 Å². The highest BCUT2D eigenvalue weighted by Crippen LogP contribution is 2.19. The third kappa shape index (κ3) is 7.29. The average Bonchev–Trinajstić information content (AvgIpc) is 2.72. The Bertz CT molecular complexity index is 814. The molecule has 0 unspecified atom stereocenters. The molecule has 1 atom stereocenters. The minimum atomic E-state index is -0.559. The summed E-state index contributed by atoms with van der Waals surface area (Å²) in [4.78, 5) is 26.9. The van der Waals surface area contributed by atoms with Crippen LogP contribution in [0.1, 0.15) is 25.0 Å². The zero-order chi connectivity index (χ0) is 21.2. The molecule has 2 aromatic rings. The number of halogens is 1. The van der Waals surface area contributed by atoms with Crippen molar-refractivity contribution in [3.63, 3.8) is 0 Å². The van der Waals surface area contributed by atoms with E-state index in [1.54, 1.807) is 18.9 Å². The maximum absolute atomic E-state index is 13.0. The van der Waals surface area contributed by atoms with Crippen LogP contribution in [0.2, 0.25) is 5.02 Å². The molecular formula is C22H27ClN2O3S. The van der Waals surface area contributed by atoms with Gasteiger partial charge in [-0.1, -0.05) is 35.9 Å². The average molecular weight is 435 g/mol. The molecule has 2 amide bonds. The summed E-state index contributed by atoms with van der Waals surface area (Å²) in [5, 5.41) is 3.48. The molecule has 0 aromatic heterocycles. The summed E-state index contributed by atoms with van der Waals surface area (Å²) >= 11 is 7.53. The van der Waals surface area contributed by atoms with Crippen LogP contribution in [-0.2, 0) is 21.9 Å². The van der Waals surface area contributed by atoms with Gasteiger partial charge in [0.2, 0.25) is 11.8 Å². The Morgan fingerprint density at radius 2 is 1.90 bits per heavy atom. The molecule has 29 heavy (non-hydrogen) atoms. The summed E-state index contributed by atoms with van der Waals surface area (Å²) in [7, 11) is 1.61. The van der Waals surface area contributed by atoms with Gasteiger partial charge in [0.15, 0.2) is 0 Å². The number of carbonyl (C=O) groups is 2. The lowest BCUT2D eigenvalue weighted by Crippen LogP contribution is -2.48. The van der Waals surface area contributed by atoms with E-state index < -0.39 is 6.04 Å². The third-order valence-corrected chi connectivity index (χ3v) is 5.64. The van der Waals surface area contributed by atoms with Gasteiger partial charge in [0.05, 0.1) is 12.9 Å². The Kier molecular flexibility index (Phi) is 9.35. The highest BCUT2D eigenvalue weighted by Gasteiger charge is 2.25. The summed E-state index contributed by atoms with van der Waals surface area (Å²) < 4.78 is 5.19. The standard InChI is InChI=1S/C22H27ClN2O3S/c1-4-24-22(27)16(2)25(13-17-8-10-20(28-3)11-9-17)21(26)15-29-14-18-6-5-7-19(23)12-18/h5-12,16H,4,13-15H2,1-3H3,(H,24,27)/t16-/m0/s1. The van der Waals surface area contributed by atoms with E-state index in [4.69, 9.17) is 16.3 Å². The number of amides is 2. The first-order valence-electron chi connectivity index (χ1n) is 9.47. The van der Waals surface area contributed by atoms with Gasteiger partial charge in [-0.25, -0.2) is 0 Å². The van der Waals surface area contributed by atoms with Gasteiger partial charge < -0.3 is 15.0 Å². The highest BCUT2D eigenvalue weighted by molar-refractivity contribution is 7.99. The number of ether oxygens (including phenoxy) is 1. The van der Waals surface area contributed by atoms with E-state index in [0.29, 0.717) is 23.9 Å². The fourth-order valence-electron chi connectivity index (χ4n) is 2.80. The smallest absolute Gasteiger partial charge is 0.242 e. The summed E-state index contributed by atoms with van der Waals surface area (Å²) in [6, 6.07) is 14.5. The summed E-state index contributed by atoms with van der Waals surface area (Å²) in [6.07, 6.45) is 0. The lowest BCUT2D eigenvalue weighted by Gasteiger charge is -2.28. The fraction of sp³-hybridized carbons (Fsp3) is 0.364. The van der Waals surface area contributed by atoms with Crippen LogP contribution in [0.4, 0.5) is 0 Å². The van der Waals surface area contributed by atoms with Crippen molar-refractivity contribution in [2.75, 3.05) is 19.4 Å². The van der Waals surface area contributed by atoms with Crippen molar-refractivity contribution < 1.29 is 14.3 Å². The number of rotatable bonds is 10. The van der Waals surface area contributed by atoms with Crippen LogP contribution >= 0.6 is 23.4 Å². The molecule has 2 aromatic carbocycles. The molecule has 0 aliphatic heterocycles. The number of methoxy groups -OCH3 is 1.